The molecule has 2 bridgehead atoms. The zero-order chi connectivity index (χ0) is 12.5. The topological polar surface area (TPSA) is 12.0 Å². The summed E-state index contributed by atoms with van der Waals surface area (Å²) in [5.74, 6) is 4.00. The Morgan fingerprint density at radius 1 is 1.22 bits per heavy atom. The van der Waals surface area contributed by atoms with Gasteiger partial charge in [-0.15, -0.1) is 0 Å². The van der Waals surface area contributed by atoms with Crippen LogP contribution in [0.1, 0.15) is 46.0 Å². The maximum absolute atomic E-state index is 3.95. The van der Waals surface area contributed by atoms with Crippen molar-refractivity contribution in [3.8, 4) is 0 Å². The lowest BCUT2D eigenvalue weighted by Gasteiger charge is -2.29. The van der Waals surface area contributed by atoms with Gasteiger partial charge in [-0.2, -0.15) is 11.8 Å². The minimum absolute atomic E-state index is 0.723. The van der Waals surface area contributed by atoms with Crippen molar-refractivity contribution in [2.24, 2.45) is 17.8 Å². The van der Waals surface area contributed by atoms with Crippen LogP contribution in [0.25, 0.3) is 0 Å². The summed E-state index contributed by atoms with van der Waals surface area (Å²) in [7, 11) is 0. The molecule has 0 aromatic rings. The second-order valence-electron chi connectivity index (χ2n) is 6.49. The first kappa shape index (κ1) is 13.1. The van der Waals surface area contributed by atoms with E-state index < -0.39 is 0 Å². The largest absolute Gasteiger partial charge is 0.311 e. The van der Waals surface area contributed by atoms with Crippen molar-refractivity contribution >= 4 is 11.8 Å². The third kappa shape index (κ3) is 2.65. The highest BCUT2D eigenvalue weighted by molar-refractivity contribution is 7.99. The third-order valence-corrected chi connectivity index (χ3v) is 6.49. The summed E-state index contributed by atoms with van der Waals surface area (Å²) in [6.07, 6.45) is 12.1. The van der Waals surface area contributed by atoms with Gasteiger partial charge >= 0.3 is 0 Å². The Hall–Kier alpha value is 0.0500. The Morgan fingerprint density at radius 3 is 2.78 bits per heavy atom. The highest BCUT2D eigenvalue weighted by atomic mass is 32.2. The van der Waals surface area contributed by atoms with E-state index >= 15 is 0 Å². The van der Waals surface area contributed by atoms with E-state index in [4.69, 9.17) is 0 Å². The quantitative estimate of drug-likeness (QED) is 0.758. The number of allylic oxidation sites excluding steroid dienone is 2. The molecule has 0 aromatic heterocycles. The highest BCUT2D eigenvalue weighted by Crippen LogP contribution is 2.45. The predicted octanol–water partition coefficient (Wildman–Crippen LogP) is 3.85. The number of fused-ring (bicyclic) bond motifs is 2. The van der Waals surface area contributed by atoms with Crippen LogP contribution in [-0.2, 0) is 0 Å². The molecule has 3 aliphatic carbocycles. The Labute approximate surface area is 116 Å². The molecule has 0 spiro atoms. The van der Waals surface area contributed by atoms with Gasteiger partial charge in [-0.1, -0.05) is 19.1 Å². The lowest BCUT2D eigenvalue weighted by molar-refractivity contribution is 0.300. The molecule has 0 radical (unpaired) electrons. The van der Waals surface area contributed by atoms with Crippen molar-refractivity contribution in [1.82, 2.24) is 5.32 Å². The maximum Gasteiger partial charge on any atom is 0.00805 e. The SMILES string of the molecule is CCSC1CCC(NC(C)C2CC3C=CC2C3)C1. The molecule has 6 unspecified atom stereocenters. The van der Waals surface area contributed by atoms with Crippen LogP contribution < -0.4 is 5.32 Å². The molecular formula is C16H27NS. The van der Waals surface area contributed by atoms with Gasteiger partial charge in [-0.05, 0) is 62.5 Å². The molecule has 1 nitrogen and oxygen atoms in total. The monoisotopic (exact) mass is 265 g/mol. The van der Waals surface area contributed by atoms with E-state index in [1.54, 1.807) is 0 Å². The van der Waals surface area contributed by atoms with Gasteiger partial charge in [-0.3, -0.25) is 0 Å². The first-order valence-corrected chi connectivity index (χ1v) is 8.87. The summed E-state index contributed by atoms with van der Waals surface area (Å²) in [5, 5.41) is 4.88. The predicted molar refractivity (Wildman–Crippen MR) is 81.0 cm³/mol. The molecule has 0 aromatic carbocycles. The Kier molecular flexibility index (Phi) is 4.05. The van der Waals surface area contributed by atoms with E-state index in [9.17, 15) is 0 Å². The number of nitrogens with one attached hydrogen (secondary N) is 1. The van der Waals surface area contributed by atoms with E-state index in [0.717, 1.165) is 35.1 Å². The molecule has 18 heavy (non-hydrogen) atoms. The van der Waals surface area contributed by atoms with Crippen molar-refractivity contribution in [3.63, 3.8) is 0 Å². The summed E-state index contributed by atoms with van der Waals surface area (Å²) in [5.41, 5.74) is 0. The van der Waals surface area contributed by atoms with Crippen LogP contribution in [0.5, 0.6) is 0 Å². The van der Waals surface area contributed by atoms with Crippen molar-refractivity contribution in [2.45, 2.75) is 63.3 Å². The molecular weight excluding hydrogens is 238 g/mol. The zero-order valence-corrected chi connectivity index (χ0v) is 12.6. The average molecular weight is 265 g/mol. The van der Waals surface area contributed by atoms with Crippen LogP contribution in [0.15, 0.2) is 12.2 Å². The molecule has 6 atom stereocenters. The number of rotatable bonds is 5. The molecule has 3 rings (SSSR count). The van der Waals surface area contributed by atoms with Gasteiger partial charge in [0.1, 0.15) is 0 Å². The lowest BCUT2D eigenvalue weighted by atomic mass is 9.87. The molecule has 2 fully saturated rings. The van der Waals surface area contributed by atoms with Crippen LogP contribution in [0.2, 0.25) is 0 Å². The van der Waals surface area contributed by atoms with Gasteiger partial charge in [-0.25, -0.2) is 0 Å². The van der Waals surface area contributed by atoms with Gasteiger partial charge in [0.2, 0.25) is 0 Å². The summed E-state index contributed by atoms with van der Waals surface area (Å²) < 4.78 is 0. The molecule has 0 heterocycles. The minimum atomic E-state index is 0.723. The highest BCUT2D eigenvalue weighted by Gasteiger charge is 2.39. The smallest absolute Gasteiger partial charge is 0.00805 e. The number of thioether (sulfide) groups is 1. The molecule has 2 saturated carbocycles. The molecule has 0 amide bonds. The van der Waals surface area contributed by atoms with Crippen molar-refractivity contribution in [2.75, 3.05) is 5.75 Å². The second kappa shape index (κ2) is 5.58. The fourth-order valence-electron chi connectivity index (χ4n) is 4.37. The summed E-state index contributed by atoms with van der Waals surface area (Å²) in [4.78, 5) is 0. The Bertz CT molecular complexity index is 314. The average Bonchev–Trinajstić information content (AvgIpc) is 3.05. The maximum atomic E-state index is 3.95. The summed E-state index contributed by atoms with van der Waals surface area (Å²) in [6, 6.07) is 1.52. The zero-order valence-electron chi connectivity index (χ0n) is 11.8. The van der Waals surface area contributed by atoms with Crippen molar-refractivity contribution in [3.05, 3.63) is 12.2 Å². The fraction of sp³-hybridized carbons (Fsp3) is 0.875. The van der Waals surface area contributed by atoms with E-state index in [0.29, 0.717) is 0 Å². The first-order chi connectivity index (χ1) is 8.76. The molecule has 2 heteroatoms. The summed E-state index contributed by atoms with van der Waals surface area (Å²) >= 11 is 2.16. The van der Waals surface area contributed by atoms with Gasteiger partial charge in [0, 0.05) is 17.3 Å². The van der Waals surface area contributed by atoms with Gasteiger partial charge in [0.25, 0.3) is 0 Å². The van der Waals surface area contributed by atoms with Crippen LogP contribution in [0, 0.1) is 17.8 Å². The normalized spacial score (nSPS) is 43.8. The number of hydrogen-bond acceptors (Lipinski definition) is 2. The fourth-order valence-corrected chi connectivity index (χ4v) is 5.51. The van der Waals surface area contributed by atoms with Crippen LogP contribution >= 0.6 is 11.8 Å². The molecule has 102 valence electrons. The summed E-state index contributed by atoms with van der Waals surface area (Å²) in [6.45, 7) is 4.72. The Morgan fingerprint density at radius 2 is 2.11 bits per heavy atom. The molecule has 0 saturated heterocycles. The minimum Gasteiger partial charge on any atom is -0.311 e. The Balaban J connectivity index is 1.47. The molecule has 3 aliphatic rings. The van der Waals surface area contributed by atoms with Crippen molar-refractivity contribution in [1.29, 1.82) is 0 Å². The van der Waals surface area contributed by atoms with Crippen LogP contribution in [-0.4, -0.2) is 23.1 Å². The lowest BCUT2D eigenvalue weighted by Crippen LogP contribution is -2.41. The van der Waals surface area contributed by atoms with Crippen LogP contribution in [0.3, 0.4) is 0 Å². The second-order valence-corrected chi connectivity index (χ2v) is 8.06. The number of hydrogen-bond donors (Lipinski definition) is 1. The van der Waals surface area contributed by atoms with Gasteiger partial charge < -0.3 is 5.32 Å². The standard InChI is InChI=1S/C16H27NS/c1-3-18-15-7-6-14(10-15)17-11(2)16-9-12-4-5-13(16)8-12/h4-5,11-17H,3,6-10H2,1-2H3. The van der Waals surface area contributed by atoms with Crippen LogP contribution in [0.4, 0.5) is 0 Å². The van der Waals surface area contributed by atoms with E-state index in [1.807, 2.05) is 0 Å². The molecule has 1 N–H and O–H groups in total. The van der Waals surface area contributed by atoms with Gasteiger partial charge in [0.05, 0.1) is 0 Å². The van der Waals surface area contributed by atoms with E-state index in [2.05, 4.69) is 43.1 Å². The van der Waals surface area contributed by atoms with E-state index in [-0.39, 0.29) is 0 Å². The third-order valence-electron chi connectivity index (χ3n) is 5.26. The van der Waals surface area contributed by atoms with Crippen molar-refractivity contribution < 1.29 is 0 Å². The van der Waals surface area contributed by atoms with E-state index in [1.165, 1.54) is 37.9 Å². The first-order valence-electron chi connectivity index (χ1n) is 7.82. The molecule has 0 aliphatic heterocycles. The van der Waals surface area contributed by atoms with Gasteiger partial charge in [0.15, 0.2) is 0 Å².